The van der Waals surface area contributed by atoms with Crippen LogP contribution < -0.4 is 0 Å². The van der Waals surface area contributed by atoms with Gasteiger partial charge in [0.2, 0.25) is 0 Å². The molecular formula is C11H10ClN3O3S. The molecule has 2 heterocycles. The maximum atomic E-state index is 11.7. The van der Waals surface area contributed by atoms with Crippen molar-refractivity contribution < 1.29 is 9.72 Å². The highest BCUT2D eigenvalue weighted by Gasteiger charge is 2.18. The Balaban J connectivity index is 1.88. The van der Waals surface area contributed by atoms with E-state index in [1.165, 1.54) is 22.2 Å². The number of rotatable bonds is 6. The maximum Gasteiger partial charge on any atom is 0.408 e. The normalized spacial score (nSPS) is 10.6. The van der Waals surface area contributed by atoms with Gasteiger partial charge in [-0.15, -0.1) is 11.3 Å². The largest absolute Gasteiger partial charge is 0.408 e. The number of halogens is 1. The standard InChI is InChI=1S/C11H10ClN3O3S/c12-8-7-14(13-11(8)15(17)18)5-1-3-9(16)10-4-2-6-19-10/h2,4,6-7H,1,3,5H2. The molecule has 0 atom stereocenters. The molecule has 8 heteroatoms. The molecular weight excluding hydrogens is 290 g/mol. The fourth-order valence-corrected chi connectivity index (χ4v) is 2.50. The van der Waals surface area contributed by atoms with Crippen LogP contribution in [0.4, 0.5) is 5.82 Å². The minimum Gasteiger partial charge on any atom is -0.358 e. The van der Waals surface area contributed by atoms with Gasteiger partial charge >= 0.3 is 5.82 Å². The summed E-state index contributed by atoms with van der Waals surface area (Å²) in [5.74, 6) is -0.283. The minimum absolute atomic E-state index is 0.00887. The van der Waals surface area contributed by atoms with Gasteiger partial charge in [0.15, 0.2) is 10.8 Å². The lowest BCUT2D eigenvalue weighted by molar-refractivity contribution is -0.389. The van der Waals surface area contributed by atoms with E-state index >= 15 is 0 Å². The lowest BCUT2D eigenvalue weighted by atomic mass is 10.2. The summed E-state index contributed by atoms with van der Waals surface area (Å²) in [5.41, 5.74) is 0. The summed E-state index contributed by atoms with van der Waals surface area (Å²) in [6.45, 7) is 0.421. The van der Waals surface area contributed by atoms with Crippen LogP contribution in [-0.4, -0.2) is 20.5 Å². The van der Waals surface area contributed by atoms with Crippen LogP contribution in [0.3, 0.4) is 0 Å². The molecule has 100 valence electrons. The molecule has 0 radical (unpaired) electrons. The molecule has 19 heavy (non-hydrogen) atoms. The van der Waals surface area contributed by atoms with Gasteiger partial charge in [-0.1, -0.05) is 17.7 Å². The van der Waals surface area contributed by atoms with Gasteiger partial charge < -0.3 is 10.1 Å². The molecule has 0 aliphatic rings. The Morgan fingerprint density at radius 3 is 2.95 bits per heavy atom. The number of nitro groups is 1. The van der Waals surface area contributed by atoms with Gasteiger partial charge in [-0.3, -0.25) is 4.79 Å². The average molecular weight is 300 g/mol. The first kappa shape index (κ1) is 13.7. The zero-order valence-electron chi connectivity index (χ0n) is 9.78. The number of carbonyl (C=O) groups is 1. The quantitative estimate of drug-likeness (QED) is 0.466. The number of aryl methyl sites for hydroxylation is 1. The van der Waals surface area contributed by atoms with Gasteiger partial charge in [0.25, 0.3) is 0 Å². The number of thiophene rings is 1. The van der Waals surface area contributed by atoms with Crippen LogP contribution >= 0.6 is 22.9 Å². The van der Waals surface area contributed by atoms with Crippen LogP contribution in [0.15, 0.2) is 23.7 Å². The Kier molecular flexibility index (Phi) is 4.28. The minimum atomic E-state index is -0.629. The lowest BCUT2D eigenvalue weighted by Crippen LogP contribution is -2.03. The van der Waals surface area contributed by atoms with Crippen molar-refractivity contribution >= 4 is 34.5 Å². The van der Waals surface area contributed by atoms with Crippen LogP contribution in [0.2, 0.25) is 5.02 Å². The van der Waals surface area contributed by atoms with E-state index in [0.717, 1.165) is 4.88 Å². The molecule has 0 saturated carbocycles. The van der Waals surface area contributed by atoms with Crippen LogP contribution in [0.5, 0.6) is 0 Å². The fourth-order valence-electron chi connectivity index (χ4n) is 1.59. The molecule has 0 aromatic carbocycles. The molecule has 0 bridgehead atoms. The Morgan fingerprint density at radius 1 is 1.58 bits per heavy atom. The third kappa shape index (κ3) is 3.39. The highest BCUT2D eigenvalue weighted by molar-refractivity contribution is 7.12. The van der Waals surface area contributed by atoms with E-state index in [9.17, 15) is 14.9 Å². The van der Waals surface area contributed by atoms with E-state index in [1.807, 2.05) is 11.4 Å². The molecule has 2 rings (SSSR count). The first-order valence-corrected chi connectivity index (χ1v) is 6.77. The third-order valence-corrected chi connectivity index (χ3v) is 3.64. The van der Waals surface area contributed by atoms with Gasteiger partial charge in [-0.25, -0.2) is 0 Å². The summed E-state index contributed by atoms with van der Waals surface area (Å²) in [4.78, 5) is 22.4. The van der Waals surface area contributed by atoms with Crippen molar-refractivity contribution in [1.82, 2.24) is 9.78 Å². The first-order chi connectivity index (χ1) is 9.08. The van der Waals surface area contributed by atoms with Crippen LogP contribution in [0.1, 0.15) is 22.5 Å². The van der Waals surface area contributed by atoms with E-state index in [0.29, 0.717) is 19.4 Å². The highest BCUT2D eigenvalue weighted by Crippen LogP contribution is 2.21. The van der Waals surface area contributed by atoms with Gasteiger partial charge in [-0.2, -0.15) is 4.68 Å². The number of aromatic nitrogens is 2. The molecule has 0 amide bonds. The average Bonchev–Trinajstić information content (AvgIpc) is 2.98. The van der Waals surface area contributed by atoms with Crippen LogP contribution in [-0.2, 0) is 6.54 Å². The Hall–Kier alpha value is -1.73. The Bertz CT molecular complexity index is 594. The maximum absolute atomic E-state index is 11.7. The van der Waals surface area contributed by atoms with Crippen molar-refractivity contribution in [2.45, 2.75) is 19.4 Å². The number of ketones is 1. The molecule has 0 N–H and O–H groups in total. The Labute approximate surface area is 117 Å². The number of carbonyl (C=O) groups excluding carboxylic acids is 1. The number of hydrogen-bond donors (Lipinski definition) is 0. The van der Waals surface area contributed by atoms with Gasteiger partial charge in [-0.05, 0) is 22.8 Å². The predicted molar refractivity (Wildman–Crippen MR) is 71.8 cm³/mol. The third-order valence-electron chi connectivity index (χ3n) is 2.46. The second-order valence-electron chi connectivity index (χ2n) is 3.82. The predicted octanol–water partition coefficient (Wildman–Crippen LogP) is 3.17. The zero-order valence-corrected chi connectivity index (χ0v) is 11.4. The zero-order chi connectivity index (χ0) is 13.8. The second kappa shape index (κ2) is 5.94. The number of nitrogens with zero attached hydrogens (tertiary/aromatic N) is 3. The molecule has 2 aromatic rings. The molecule has 0 saturated heterocycles. The van der Waals surface area contributed by atoms with E-state index in [-0.39, 0.29) is 16.6 Å². The van der Waals surface area contributed by atoms with Crippen molar-refractivity contribution in [1.29, 1.82) is 0 Å². The molecule has 0 spiro atoms. The fraction of sp³-hybridized carbons (Fsp3) is 0.273. The van der Waals surface area contributed by atoms with Crippen LogP contribution in [0, 0.1) is 10.1 Å². The monoisotopic (exact) mass is 299 g/mol. The SMILES string of the molecule is O=C(CCCn1cc(Cl)c([N+](=O)[O-])n1)c1cccs1. The van der Waals surface area contributed by atoms with Crippen molar-refractivity contribution in [2.75, 3.05) is 0 Å². The van der Waals surface area contributed by atoms with Gasteiger partial charge in [0.1, 0.15) is 0 Å². The van der Waals surface area contributed by atoms with E-state index in [4.69, 9.17) is 11.6 Å². The van der Waals surface area contributed by atoms with E-state index in [2.05, 4.69) is 5.10 Å². The summed E-state index contributed by atoms with van der Waals surface area (Å²) >= 11 is 7.08. The summed E-state index contributed by atoms with van der Waals surface area (Å²) in [5, 5.41) is 16.2. The highest BCUT2D eigenvalue weighted by atomic mass is 35.5. The molecule has 0 aliphatic heterocycles. The molecule has 0 fully saturated rings. The summed E-state index contributed by atoms with van der Waals surface area (Å²) < 4.78 is 1.39. The van der Waals surface area contributed by atoms with Crippen molar-refractivity contribution in [3.63, 3.8) is 0 Å². The number of Topliss-reactive ketones (excluding diaryl/α,β-unsaturated/α-hetero) is 1. The summed E-state index contributed by atoms with van der Waals surface area (Å²) in [6.07, 6.45) is 2.34. The lowest BCUT2D eigenvalue weighted by Gasteiger charge is -1.97. The molecule has 0 aliphatic carbocycles. The topological polar surface area (TPSA) is 78.0 Å². The van der Waals surface area contributed by atoms with Crippen LogP contribution in [0.25, 0.3) is 0 Å². The molecule has 2 aromatic heterocycles. The van der Waals surface area contributed by atoms with E-state index in [1.54, 1.807) is 6.07 Å². The van der Waals surface area contributed by atoms with Crippen molar-refractivity contribution in [3.8, 4) is 0 Å². The molecule has 6 nitrogen and oxygen atoms in total. The van der Waals surface area contributed by atoms with Gasteiger partial charge in [0, 0.05) is 6.42 Å². The van der Waals surface area contributed by atoms with Crippen molar-refractivity contribution in [3.05, 3.63) is 43.7 Å². The smallest absolute Gasteiger partial charge is 0.358 e. The van der Waals surface area contributed by atoms with E-state index < -0.39 is 4.92 Å². The number of hydrogen-bond acceptors (Lipinski definition) is 5. The first-order valence-electron chi connectivity index (χ1n) is 5.52. The summed E-state index contributed by atoms with van der Waals surface area (Å²) in [6, 6.07) is 3.61. The van der Waals surface area contributed by atoms with Gasteiger partial charge in [0.05, 0.1) is 22.7 Å². The Morgan fingerprint density at radius 2 is 2.37 bits per heavy atom. The summed E-state index contributed by atoms with van der Waals surface area (Å²) in [7, 11) is 0. The second-order valence-corrected chi connectivity index (χ2v) is 5.18. The molecule has 0 unspecified atom stereocenters. The van der Waals surface area contributed by atoms with Crippen molar-refractivity contribution in [2.24, 2.45) is 0 Å².